The maximum Gasteiger partial charge on any atom is 0.249 e. The summed E-state index contributed by atoms with van der Waals surface area (Å²) in [6.07, 6.45) is 3.62. The molecular weight excluding hydrogens is 413 g/mol. The van der Waals surface area contributed by atoms with Crippen LogP contribution in [0.2, 0.25) is 10.0 Å². The number of aromatic nitrogens is 3. The molecule has 2 aromatic carbocycles. The van der Waals surface area contributed by atoms with E-state index in [9.17, 15) is 9.59 Å². The minimum atomic E-state index is -0.491. The van der Waals surface area contributed by atoms with Crippen LogP contribution in [-0.4, -0.2) is 26.6 Å². The minimum Gasteiger partial charge on any atom is -0.326 e. The summed E-state index contributed by atoms with van der Waals surface area (Å²) in [6.45, 7) is 1.73. The van der Waals surface area contributed by atoms with Gasteiger partial charge in [-0.25, -0.2) is 9.67 Å². The van der Waals surface area contributed by atoms with E-state index in [2.05, 4.69) is 20.7 Å². The molecular formula is C20H19Cl2N5O2. The van der Waals surface area contributed by atoms with Crippen molar-refractivity contribution in [2.75, 3.05) is 10.6 Å². The van der Waals surface area contributed by atoms with Crippen molar-refractivity contribution in [3.8, 4) is 0 Å². The molecule has 29 heavy (non-hydrogen) atoms. The van der Waals surface area contributed by atoms with Gasteiger partial charge >= 0.3 is 0 Å². The molecule has 0 bridgehead atoms. The van der Waals surface area contributed by atoms with Crippen molar-refractivity contribution < 1.29 is 9.59 Å². The Balaban J connectivity index is 1.51. The zero-order valence-electron chi connectivity index (χ0n) is 15.6. The fraction of sp³-hybridized carbons (Fsp3) is 0.200. The van der Waals surface area contributed by atoms with E-state index in [0.717, 1.165) is 5.56 Å². The van der Waals surface area contributed by atoms with Crippen LogP contribution < -0.4 is 10.6 Å². The second-order valence-corrected chi connectivity index (χ2v) is 7.16. The maximum absolute atomic E-state index is 12.3. The van der Waals surface area contributed by atoms with Crippen LogP contribution in [0.5, 0.6) is 0 Å². The molecule has 0 radical (unpaired) electrons. The Labute approximate surface area is 178 Å². The van der Waals surface area contributed by atoms with Gasteiger partial charge in [-0.3, -0.25) is 9.59 Å². The second-order valence-electron chi connectivity index (χ2n) is 6.38. The molecule has 0 aliphatic carbocycles. The Morgan fingerprint density at radius 2 is 1.76 bits per heavy atom. The maximum atomic E-state index is 12.3. The van der Waals surface area contributed by atoms with Gasteiger partial charge in [-0.1, -0.05) is 35.3 Å². The van der Waals surface area contributed by atoms with E-state index >= 15 is 0 Å². The second kappa shape index (κ2) is 9.54. The van der Waals surface area contributed by atoms with Crippen LogP contribution in [0.3, 0.4) is 0 Å². The third-order valence-corrected chi connectivity index (χ3v) is 5.16. The fourth-order valence-electron chi connectivity index (χ4n) is 2.63. The van der Waals surface area contributed by atoms with E-state index < -0.39 is 6.04 Å². The number of aryl methyl sites for hydroxylation is 1. The number of benzene rings is 2. The van der Waals surface area contributed by atoms with Gasteiger partial charge in [-0.15, -0.1) is 0 Å². The molecule has 2 amide bonds. The van der Waals surface area contributed by atoms with Crippen LogP contribution in [0.25, 0.3) is 0 Å². The van der Waals surface area contributed by atoms with E-state index in [1.807, 2.05) is 6.07 Å². The normalized spacial score (nSPS) is 11.7. The largest absolute Gasteiger partial charge is 0.326 e. The van der Waals surface area contributed by atoms with Crippen LogP contribution in [-0.2, 0) is 16.0 Å². The molecule has 1 aromatic heterocycles. The number of anilines is 2. The average Bonchev–Trinajstić information content (AvgIpc) is 3.25. The molecule has 0 fully saturated rings. The van der Waals surface area contributed by atoms with Crippen molar-refractivity contribution in [2.24, 2.45) is 0 Å². The Bertz CT molecular complexity index is 991. The number of carbonyl (C=O) groups is 2. The fourth-order valence-corrected chi connectivity index (χ4v) is 3.05. The van der Waals surface area contributed by atoms with Crippen LogP contribution in [0, 0.1) is 0 Å². The molecule has 0 aliphatic heterocycles. The van der Waals surface area contributed by atoms with Gasteiger partial charge in [0.25, 0.3) is 0 Å². The summed E-state index contributed by atoms with van der Waals surface area (Å²) in [5, 5.41) is 10.5. The topological polar surface area (TPSA) is 88.9 Å². The molecule has 3 rings (SSSR count). The number of rotatable bonds is 7. The van der Waals surface area contributed by atoms with Crippen molar-refractivity contribution in [1.82, 2.24) is 14.8 Å². The predicted octanol–water partition coefficient (Wildman–Crippen LogP) is 4.36. The van der Waals surface area contributed by atoms with Gasteiger partial charge in [0.1, 0.15) is 18.7 Å². The summed E-state index contributed by atoms with van der Waals surface area (Å²) in [7, 11) is 0. The van der Waals surface area contributed by atoms with E-state index in [1.165, 1.54) is 17.3 Å². The molecule has 3 aromatic rings. The molecule has 150 valence electrons. The van der Waals surface area contributed by atoms with Gasteiger partial charge in [0.05, 0.1) is 10.0 Å². The number of amides is 2. The lowest BCUT2D eigenvalue weighted by atomic mass is 10.1. The number of halogens is 2. The highest BCUT2D eigenvalue weighted by Gasteiger charge is 2.15. The number of nitrogens with zero attached hydrogens (tertiary/aromatic N) is 3. The number of carbonyl (C=O) groups excluding carboxylic acids is 2. The lowest BCUT2D eigenvalue weighted by molar-refractivity contribution is -0.119. The van der Waals surface area contributed by atoms with Gasteiger partial charge in [0, 0.05) is 17.8 Å². The zero-order chi connectivity index (χ0) is 20.8. The first kappa shape index (κ1) is 20.8. The van der Waals surface area contributed by atoms with E-state index in [0.29, 0.717) is 27.8 Å². The molecule has 7 nitrogen and oxygen atoms in total. The average molecular weight is 432 g/mol. The Hall–Kier alpha value is -2.90. The molecule has 0 spiro atoms. The molecule has 9 heteroatoms. The number of nitrogens with one attached hydrogen (secondary N) is 2. The van der Waals surface area contributed by atoms with E-state index in [1.54, 1.807) is 43.3 Å². The van der Waals surface area contributed by atoms with Crippen LogP contribution in [0.4, 0.5) is 11.4 Å². The minimum absolute atomic E-state index is 0.141. The quantitative estimate of drug-likeness (QED) is 0.581. The summed E-state index contributed by atoms with van der Waals surface area (Å²) in [4.78, 5) is 28.3. The van der Waals surface area contributed by atoms with Crippen LogP contribution >= 0.6 is 23.2 Å². The van der Waals surface area contributed by atoms with Gasteiger partial charge in [-0.05, 0) is 49.2 Å². The van der Waals surface area contributed by atoms with E-state index in [-0.39, 0.29) is 18.2 Å². The standard InChI is InChI=1S/C20H19Cl2N5O2/c1-13(27-12-23-11-24-27)20(29)26-16-8-6-15(7-9-16)25-18(28)10-5-14-3-2-4-17(21)19(14)22/h2-4,6-9,11-13H,5,10H2,1H3,(H,25,28)(H,26,29). The summed E-state index contributed by atoms with van der Waals surface area (Å²) >= 11 is 12.1. The lowest BCUT2D eigenvalue weighted by Crippen LogP contribution is -2.24. The lowest BCUT2D eigenvalue weighted by Gasteiger charge is -2.12. The van der Waals surface area contributed by atoms with Gasteiger partial charge < -0.3 is 10.6 Å². The summed E-state index contributed by atoms with van der Waals surface area (Å²) in [5.74, 6) is -0.358. The first-order valence-electron chi connectivity index (χ1n) is 8.92. The molecule has 0 saturated carbocycles. The van der Waals surface area contributed by atoms with Crippen molar-refractivity contribution in [1.29, 1.82) is 0 Å². The van der Waals surface area contributed by atoms with Crippen LogP contribution in [0.1, 0.15) is 24.9 Å². The third-order valence-electron chi connectivity index (χ3n) is 4.30. The van der Waals surface area contributed by atoms with Crippen molar-refractivity contribution >= 4 is 46.4 Å². The van der Waals surface area contributed by atoms with Crippen LogP contribution in [0.15, 0.2) is 55.1 Å². The first-order valence-corrected chi connectivity index (χ1v) is 9.67. The van der Waals surface area contributed by atoms with E-state index in [4.69, 9.17) is 23.2 Å². The highest BCUT2D eigenvalue weighted by atomic mass is 35.5. The SMILES string of the molecule is CC(C(=O)Nc1ccc(NC(=O)CCc2cccc(Cl)c2Cl)cc1)n1cncn1. The van der Waals surface area contributed by atoms with Crippen molar-refractivity contribution in [3.63, 3.8) is 0 Å². The molecule has 0 saturated heterocycles. The molecule has 1 unspecified atom stereocenters. The Morgan fingerprint density at radius 3 is 2.41 bits per heavy atom. The van der Waals surface area contributed by atoms with Crippen molar-refractivity contribution in [3.05, 3.63) is 70.7 Å². The third kappa shape index (κ3) is 5.56. The summed E-state index contributed by atoms with van der Waals surface area (Å²) in [5.41, 5.74) is 2.08. The van der Waals surface area contributed by atoms with Gasteiger partial charge in [-0.2, -0.15) is 5.10 Å². The highest BCUT2D eigenvalue weighted by molar-refractivity contribution is 6.42. The summed E-state index contributed by atoms with van der Waals surface area (Å²) in [6, 6.07) is 11.7. The number of hydrogen-bond donors (Lipinski definition) is 2. The monoisotopic (exact) mass is 431 g/mol. The Kier molecular flexibility index (Phi) is 6.85. The Morgan fingerprint density at radius 1 is 1.07 bits per heavy atom. The molecule has 2 N–H and O–H groups in total. The number of hydrogen-bond acceptors (Lipinski definition) is 4. The summed E-state index contributed by atoms with van der Waals surface area (Å²) < 4.78 is 1.47. The van der Waals surface area contributed by atoms with Crippen molar-refractivity contribution in [2.45, 2.75) is 25.8 Å². The zero-order valence-corrected chi connectivity index (χ0v) is 17.1. The smallest absolute Gasteiger partial charge is 0.249 e. The van der Waals surface area contributed by atoms with Gasteiger partial charge in [0.15, 0.2) is 0 Å². The predicted molar refractivity (Wildman–Crippen MR) is 113 cm³/mol. The highest BCUT2D eigenvalue weighted by Crippen LogP contribution is 2.26. The first-order chi connectivity index (χ1) is 13.9. The van der Waals surface area contributed by atoms with Gasteiger partial charge in [0.2, 0.25) is 11.8 Å². The molecule has 1 heterocycles. The molecule has 1 atom stereocenters. The molecule has 0 aliphatic rings.